The standard InChI is InChI=1S/C20H10Cl4N2O2S/c21-12-6-4-10(8-14(12)23)16-7-5-11(28-16)9-17-19(27)26-20(29-17)25-15-3-1-2-13(22)18(15)24/h1-9H,(H,25,26,27)/b17-9+. The minimum atomic E-state index is -0.278. The largest absolute Gasteiger partial charge is 0.457 e. The minimum absolute atomic E-state index is 0.278. The van der Waals surface area contributed by atoms with Crippen LogP contribution in [-0.2, 0) is 4.79 Å². The Morgan fingerprint density at radius 3 is 2.59 bits per heavy atom. The van der Waals surface area contributed by atoms with E-state index in [4.69, 9.17) is 50.8 Å². The molecule has 0 radical (unpaired) electrons. The molecular weight excluding hydrogens is 474 g/mol. The van der Waals surface area contributed by atoms with Crippen molar-refractivity contribution in [2.75, 3.05) is 0 Å². The summed E-state index contributed by atoms with van der Waals surface area (Å²) in [5.41, 5.74) is 1.26. The zero-order valence-corrected chi connectivity index (χ0v) is 18.2. The van der Waals surface area contributed by atoms with Gasteiger partial charge in [-0.25, -0.2) is 4.99 Å². The zero-order valence-electron chi connectivity index (χ0n) is 14.4. The Hall–Kier alpha value is -1.89. The number of nitrogens with one attached hydrogen (secondary N) is 1. The quantitative estimate of drug-likeness (QED) is 0.393. The third-order valence-electron chi connectivity index (χ3n) is 3.91. The van der Waals surface area contributed by atoms with E-state index in [-0.39, 0.29) is 5.91 Å². The van der Waals surface area contributed by atoms with E-state index >= 15 is 0 Å². The van der Waals surface area contributed by atoms with Crippen LogP contribution in [0.3, 0.4) is 0 Å². The number of amidine groups is 1. The maximum absolute atomic E-state index is 12.3. The van der Waals surface area contributed by atoms with Crippen molar-refractivity contribution in [1.29, 1.82) is 0 Å². The van der Waals surface area contributed by atoms with Gasteiger partial charge in [0.15, 0.2) is 5.17 Å². The topological polar surface area (TPSA) is 54.6 Å². The van der Waals surface area contributed by atoms with Crippen molar-refractivity contribution in [2.45, 2.75) is 0 Å². The Kier molecular flexibility index (Phi) is 5.95. The van der Waals surface area contributed by atoms with E-state index < -0.39 is 0 Å². The maximum Gasteiger partial charge on any atom is 0.264 e. The highest BCUT2D eigenvalue weighted by atomic mass is 35.5. The molecule has 1 aliphatic rings. The molecule has 4 rings (SSSR count). The van der Waals surface area contributed by atoms with Crippen LogP contribution in [0.5, 0.6) is 0 Å². The average molecular weight is 484 g/mol. The Balaban J connectivity index is 1.57. The third-order valence-corrected chi connectivity index (χ3v) is 6.37. The summed E-state index contributed by atoms with van der Waals surface area (Å²) >= 11 is 25.3. The second kappa shape index (κ2) is 8.46. The van der Waals surface area contributed by atoms with Gasteiger partial charge in [-0.15, -0.1) is 0 Å². The summed E-state index contributed by atoms with van der Waals surface area (Å²) in [7, 11) is 0. The fourth-order valence-corrected chi connectivity index (χ4v) is 3.98. The fourth-order valence-electron chi connectivity index (χ4n) is 2.53. The Labute approximate surface area is 190 Å². The number of thioether (sulfide) groups is 1. The van der Waals surface area contributed by atoms with Crippen molar-refractivity contribution in [2.24, 2.45) is 4.99 Å². The number of aliphatic imine (C=N–C) groups is 1. The van der Waals surface area contributed by atoms with Crippen LogP contribution in [0, 0.1) is 0 Å². The number of benzene rings is 2. The van der Waals surface area contributed by atoms with Gasteiger partial charge in [0.05, 0.1) is 30.7 Å². The normalized spacial score (nSPS) is 16.6. The smallest absolute Gasteiger partial charge is 0.264 e. The van der Waals surface area contributed by atoms with Crippen LogP contribution >= 0.6 is 58.2 Å². The zero-order chi connectivity index (χ0) is 20.5. The molecule has 1 amide bonds. The van der Waals surface area contributed by atoms with Crippen molar-refractivity contribution >= 4 is 81.0 Å². The molecule has 0 atom stereocenters. The minimum Gasteiger partial charge on any atom is -0.457 e. The van der Waals surface area contributed by atoms with E-state index in [1.807, 2.05) is 0 Å². The van der Waals surface area contributed by atoms with Crippen molar-refractivity contribution in [1.82, 2.24) is 5.32 Å². The summed E-state index contributed by atoms with van der Waals surface area (Å²) in [6.07, 6.45) is 1.64. The molecule has 0 aliphatic carbocycles. The molecule has 0 bridgehead atoms. The maximum atomic E-state index is 12.3. The predicted octanol–water partition coefficient (Wildman–Crippen LogP) is 7.45. The van der Waals surface area contributed by atoms with Crippen LogP contribution in [-0.4, -0.2) is 11.1 Å². The Morgan fingerprint density at radius 2 is 1.79 bits per heavy atom. The van der Waals surface area contributed by atoms with Gasteiger partial charge >= 0.3 is 0 Å². The van der Waals surface area contributed by atoms with Crippen molar-refractivity contribution < 1.29 is 9.21 Å². The molecule has 1 aliphatic heterocycles. The lowest BCUT2D eigenvalue weighted by molar-refractivity contribution is -0.115. The molecular formula is C20H10Cl4N2O2S. The lowest BCUT2D eigenvalue weighted by Crippen LogP contribution is -2.19. The van der Waals surface area contributed by atoms with E-state index in [1.54, 1.807) is 54.6 Å². The molecule has 146 valence electrons. The van der Waals surface area contributed by atoms with Crippen LogP contribution in [0.2, 0.25) is 20.1 Å². The van der Waals surface area contributed by atoms with Crippen molar-refractivity contribution in [3.05, 3.63) is 79.3 Å². The van der Waals surface area contributed by atoms with Gasteiger partial charge in [-0.2, -0.15) is 0 Å². The van der Waals surface area contributed by atoms with E-state index in [9.17, 15) is 4.79 Å². The molecule has 2 aromatic carbocycles. The Bertz CT molecular complexity index is 1190. The first-order valence-electron chi connectivity index (χ1n) is 8.19. The highest BCUT2D eigenvalue weighted by Crippen LogP contribution is 2.35. The van der Waals surface area contributed by atoms with Gasteiger partial charge < -0.3 is 9.73 Å². The molecule has 1 aromatic heterocycles. The van der Waals surface area contributed by atoms with Crippen molar-refractivity contribution in [3.63, 3.8) is 0 Å². The molecule has 1 saturated heterocycles. The SMILES string of the molecule is O=C1NC(=Nc2cccc(Cl)c2Cl)S/C1=C/c1ccc(-c2ccc(Cl)c(Cl)c2)o1. The molecule has 2 heterocycles. The van der Waals surface area contributed by atoms with Gasteiger partial charge in [0.1, 0.15) is 11.5 Å². The van der Waals surface area contributed by atoms with Gasteiger partial charge in [-0.1, -0.05) is 52.5 Å². The molecule has 3 aromatic rings. The summed E-state index contributed by atoms with van der Waals surface area (Å²) in [5, 5.41) is 4.73. The number of halogens is 4. The van der Waals surface area contributed by atoms with Gasteiger partial charge in [0.25, 0.3) is 5.91 Å². The molecule has 0 spiro atoms. The monoisotopic (exact) mass is 482 g/mol. The summed E-state index contributed by atoms with van der Waals surface area (Å²) in [4.78, 5) is 17.1. The van der Waals surface area contributed by atoms with Gasteiger partial charge in [0.2, 0.25) is 0 Å². The first-order valence-corrected chi connectivity index (χ1v) is 10.5. The highest BCUT2D eigenvalue weighted by Gasteiger charge is 2.24. The summed E-state index contributed by atoms with van der Waals surface area (Å²) < 4.78 is 5.81. The summed E-state index contributed by atoms with van der Waals surface area (Å²) in [6, 6.07) is 13.9. The summed E-state index contributed by atoms with van der Waals surface area (Å²) in [6.45, 7) is 0. The van der Waals surface area contributed by atoms with E-state index in [0.717, 1.165) is 5.56 Å². The van der Waals surface area contributed by atoms with Crippen LogP contribution in [0.4, 0.5) is 5.69 Å². The summed E-state index contributed by atoms with van der Waals surface area (Å²) in [5.74, 6) is 0.851. The van der Waals surface area contributed by atoms with E-state index in [0.29, 0.717) is 47.4 Å². The first kappa shape index (κ1) is 20.4. The molecule has 1 fully saturated rings. The molecule has 4 nitrogen and oxygen atoms in total. The average Bonchev–Trinajstić information content (AvgIpc) is 3.28. The number of rotatable bonds is 3. The molecule has 0 saturated carbocycles. The lowest BCUT2D eigenvalue weighted by atomic mass is 10.2. The fraction of sp³-hybridized carbons (Fsp3) is 0. The predicted molar refractivity (Wildman–Crippen MR) is 121 cm³/mol. The number of carbonyl (C=O) groups is 1. The third kappa shape index (κ3) is 4.49. The molecule has 1 N–H and O–H groups in total. The second-order valence-corrected chi connectivity index (χ2v) is 8.52. The molecule has 29 heavy (non-hydrogen) atoms. The van der Waals surface area contributed by atoms with Crippen LogP contribution < -0.4 is 5.32 Å². The van der Waals surface area contributed by atoms with E-state index in [2.05, 4.69) is 10.3 Å². The van der Waals surface area contributed by atoms with Crippen LogP contribution in [0.1, 0.15) is 5.76 Å². The number of hydrogen-bond donors (Lipinski definition) is 1. The Morgan fingerprint density at radius 1 is 0.966 bits per heavy atom. The van der Waals surface area contributed by atoms with Crippen molar-refractivity contribution in [3.8, 4) is 11.3 Å². The number of hydrogen-bond acceptors (Lipinski definition) is 4. The van der Waals surface area contributed by atoms with E-state index in [1.165, 1.54) is 11.8 Å². The first-order chi connectivity index (χ1) is 13.9. The number of amides is 1. The number of nitrogens with zero attached hydrogens (tertiary/aromatic N) is 1. The van der Waals surface area contributed by atoms with Gasteiger partial charge in [-0.3, -0.25) is 4.79 Å². The van der Waals surface area contributed by atoms with Gasteiger partial charge in [-0.05, 0) is 54.2 Å². The lowest BCUT2D eigenvalue weighted by Gasteiger charge is -2.00. The number of carbonyl (C=O) groups excluding carboxylic acids is 1. The van der Waals surface area contributed by atoms with Crippen LogP contribution in [0.25, 0.3) is 17.4 Å². The molecule has 0 unspecified atom stereocenters. The van der Waals surface area contributed by atoms with Crippen LogP contribution in [0.15, 0.2) is 62.8 Å². The second-order valence-electron chi connectivity index (χ2n) is 5.89. The highest BCUT2D eigenvalue weighted by molar-refractivity contribution is 8.18. The molecule has 9 heteroatoms. The van der Waals surface area contributed by atoms with Gasteiger partial charge in [0, 0.05) is 11.6 Å². The number of furan rings is 1.